The van der Waals surface area contributed by atoms with Crippen LogP contribution < -0.4 is 11.1 Å². The SMILES string of the molecule is CC(C)(NC(=O)OC1CCCCC1CCN)c1csc(-c2ccc(F)cc2)n1. The molecule has 1 aromatic heterocycles. The summed E-state index contributed by atoms with van der Waals surface area (Å²) in [6.07, 6.45) is 4.59. The van der Waals surface area contributed by atoms with E-state index >= 15 is 0 Å². The van der Waals surface area contributed by atoms with Crippen LogP contribution in [0.1, 0.15) is 51.6 Å². The lowest BCUT2D eigenvalue weighted by atomic mass is 9.84. The highest BCUT2D eigenvalue weighted by atomic mass is 32.1. The minimum absolute atomic E-state index is 0.0710. The van der Waals surface area contributed by atoms with Crippen LogP contribution in [0.15, 0.2) is 29.6 Å². The Kier molecular flexibility index (Phi) is 6.67. The molecule has 2 atom stereocenters. The number of nitrogens with zero attached hydrogens (tertiary/aromatic N) is 1. The Morgan fingerprint density at radius 2 is 2.04 bits per heavy atom. The normalized spacial score (nSPS) is 20.0. The van der Waals surface area contributed by atoms with Crippen LogP contribution in [0.3, 0.4) is 0 Å². The van der Waals surface area contributed by atoms with Gasteiger partial charge >= 0.3 is 6.09 Å². The van der Waals surface area contributed by atoms with Gasteiger partial charge in [0, 0.05) is 10.9 Å². The number of nitrogens with one attached hydrogen (secondary N) is 1. The average Bonchev–Trinajstić information content (AvgIpc) is 3.15. The molecule has 3 N–H and O–H groups in total. The number of hydrogen-bond donors (Lipinski definition) is 2. The van der Waals surface area contributed by atoms with E-state index in [1.54, 1.807) is 12.1 Å². The van der Waals surface area contributed by atoms with Crippen molar-refractivity contribution in [3.8, 4) is 10.6 Å². The zero-order valence-electron chi connectivity index (χ0n) is 16.4. The highest BCUT2D eigenvalue weighted by molar-refractivity contribution is 7.13. The van der Waals surface area contributed by atoms with Crippen molar-refractivity contribution in [2.75, 3.05) is 6.54 Å². The van der Waals surface area contributed by atoms with Gasteiger partial charge in [0.05, 0.1) is 11.2 Å². The molecule has 1 fully saturated rings. The van der Waals surface area contributed by atoms with Gasteiger partial charge in [0.1, 0.15) is 16.9 Å². The standard InChI is InChI=1S/C21H28FN3O2S/c1-21(2,18-13-28-19(24-18)15-7-9-16(22)10-8-15)25-20(26)27-17-6-4-3-5-14(17)11-12-23/h7-10,13-14,17H,3-6,11-12,23H2,1-2H3,(H,25,26). The Labute approximate surface area is 169 Å². The van der Waals surface area contributed by atoms with E-state index in [9.17, 15) is 9.18 Å². The fraction of sp³-hybridized carbons (Fsp3) is 0.524. The van der Waals surface area contributed by atoms with E-state index in [2.05, 4.69) is 10.3 Å². The lowest BCUT2D eigenvalue weighted by Gasteiger charge is -2.32. The van der Waals surface area contributed by atoms with Crippen molar-refractivity contribution in [1.29, 1.82) is 0 Å². The van der Waals surface area contributed by atoms with Crippen molar-refractivity contribution in [2.45, 2.75) is 57.6 Å². The van der Waals surface area contributed by atoms with Crippen LogP contribution in [0.2, 0.25) is 0 Å². The summed E-state index contributed by atoms with van der Waals surface area (Å²) < 4.78 is 18.9. The Bertz CT molecular complexity index is 789. The Morgan fingerprint density at radius 3 is 2.75 bits per heavy atom. The number of ether oxygens (including phenoxy) is 1. The fourth-order valence-corrected chi connectivity index (χ4v) is 4.64. The van der Waals surface area contributed by atoms with Gasteiger partial charge in [0.15, 0.2) is 0 Å². The van der Waals surface area contributed by atoms with Crippen molar-refractivity contribution in [1.82, 2.24) is 10.3 Å². The minimum Gasteiger partial charge on any atom is -0.446 e. The van der Waals surface area contributed by atoms with Gasteiger partial charge in [-0.05, 0) is 76.3 Å². The van der Waals surface area contributed by atoms with E-state index in [1.165, 1.54) is 29.9 Å². The molecule has 1 saturated carbocycles. The Balaban J connectivity index is 1.64. The first-order chi connectivity index (χ1) is 13.4. The van der Waals surface area contributed by atoms with Gasteiger partial charge in [-0.1, -0.05) is 6.42 Å². The first-order valence-corrected chi connectivity index (χ1v) is 10.7. The maximum atomic E-state index is 13.1. The predicted octanol–water partition coefficient (Wildman–Crippen LogP) is 4.82. The maximum absolute atomic E-state index is 13.1. The number of halogens is 1. The second kappa shape index (κ2) is 9.01. The van der Waals surface area contributed by atoms with Crippen molar-refractivity contribution < 1.29 is 13.9 Å². The summed E-state index contributed by atoms with van der Waals surface area (Å²) in [6, 6.07) is 6.23. The molecule has 0 spiro atoms. The van der Waals surface area contributed by atoms with Crippen LogP contribution in [0.5, 0.6) is 0 Å². The van der Waals surface area contributed by atoms with Crippen LogP contribution >= 0.6 is 11.3 Å². The fourth-order valence-electron chi connectivity index (χ4n) is 3.65. The van der Waals surface area contributed by atoms with Crippen molar-refractivity contribution >= 4 is 17.4 Å². The number of nitrogens with two attached hydrogens (primary N) is 1. The molecule has 1 aromatic carbocycles. The lowest BCUT2D eigenvalue weighted by molar-refractivity contribution is 0.0307. The number of thiazole rings is 1. The average molecular weight is 406 g/mol. The largest absolute Gasteiger partial charge is 0.446 e. The molecule has 2 unspecified atom stereocenters. The van der Waals surface area contributed by atoms with Crippen molar-refractivity contribution in [2.24, 2.45) is 11.7 Å². The molecule has 7 heteroatoms. The van der Waals surface area contributed by atoms with Gasteiger partial charge in [0.25, 0.3) is 0 Å². The first-order valence-electron chi connectivity index (χ1n) is 9.80. The van der Waals surface area contributed by atoms with Gasteiger partial charge < -0.3 is 15.8 Å². The van der Waals surface area contributed by atoms with Gasteiger partial charge in [-0.15, -0.1) is 11.3 Å². The topological polar surface area (TPSA) is 77.2 Å². The van der Waals surface area contributed by atoms with Gasteiger partial charge in [-0.25, -0.2) is 14.2 Å². The van der Waals surface area contributed by atoms with Crippen molar-refractivity contribution in [3.63, 3.8) is 0 Å². The van der Waals surface area contributed by atoms with Crippen LogP contribution in [0, 0.1) is 11.7 Å². The molecule has 3 rings (SSSR count). The van der Waals surface area contributed by atoms with Crippen LogP contribution in [-0.4, -0.2) is 23.7 Å². The van der Waals surface area contributed by atoms with E-state index in [0.717, 1.165) is 41.9 Å². The molecule has 1 amide bonds. The number of rotatable bonds is 6. The maximum Gasteiger partial charge on any atom is 0.408 e. The van der Waals surface area contributed by atoms with E-state index < -0.39 is 11.6 Å². The smallest absolute Gasteiger partial charge is 0.408 e. The molecule has 1 aliphatic carbocycles. The Hall–Kier alpha value is -1.99. The molecule has 0 bridgehead atoms. The zero-order valence-corrected chi connectivity index (χ0v) is 17.2. The van der Waals surface area contributed by atoms with Gasteiger partial charge in [-0.3, -0.25) is 0 Å². The zero-order chi connectivity index (χ0) is 20.1. The summed E-state index contributed by atoms with van der Waals surface area (Å²) in [7, 11) is 0. The monoisotopic (exact) mass is 405 g/mol. The molecule has 28 heavy (non-hydrogen) atoms. The second-order valence-electron chi connectivity index (χ2n) is 7.86. The molecule has 1 aliphatic rings. The van der Waals surface area contributed by atoms with Crippen LogP contribution in [-0.2, 0) is 10.3 Å². The third-order valence-corrected chi connectivity index (χ3v) is 6.18. The summed E-state index contributed by atoms with van der Waals surface area (Å²) in [5.41, 5.74) is 6.62. The molecule has 0 saturated heterocycles. The minimum atomic E-state index is -0.677. The first kappa shape index (κ1) is 20.7. The highest BCUT2D eigenvalue weighted by Crippen LogP contribution is 2.31. The highest BCUT2D eigenvalue weighted by Gasteiger charge is 2.31. The summed E-state index contributed by atoms with van der Waals surface area (Å²) >= 11 is 1.47. The third kappa shape index (κ3) is 5.08. The number of hydrogen-bond acceptors (Lipinski definition) is 5. The van der Waals surface area contributed by atoms with E-state index in [-0.39, 0.29) is 11.9 Å². The number of carbonyl (C=O) groups is 1. The second-order valence-corrected chi connectivity index (χ2v) is 8.72. The number of alkyl carbamates (subject to hydrolysis) is 1. The summed E-state index contributed by atoms with van der Waals surface area (Å²) in [5.74, 6) is 0.0675. The van der Waals surface area contributed by atoms with E-state index in [1.807, 2.05) is 19.2 Å². The molecule has 1 heterocycles. The molecule has 0 aliphatic heterocycles. The number of amides is 1. The van der Waals surface area contributed by atoms with Crippen molar-refractivity contribution in [3.05, 3.63) is 41.2 Å². The third-order valence-electron chi connectivity index (χ3n) is 5.29. The number of carbonyl (C=O) groups excluding carboxylic acids is 1. The number of benzene rings is 1. The molecular weight excluding hydrogens is 377 g/mol. The molecule has 2 aromatic rings. The quantitative estimate of drug-likeness (QED) is 0.722. The summed E-state index contributed by atoms with van der Waals surface area (Å²) in [5, 5.41) is 5.65. The van der Waals surface area contributed by atoms with Crippen LogP contribution in [0.4, 0.5) is 9.18 Å². The van der Waals surface area contributed by atoms with E-state index in [0.29, 0.717) is 12.5 Å². The van der Waals surface area contributed by atoms with Gasteiger partial charge in [0.2, 0.25) is 0 Å². The lowest BCUT2D eigenvalue weighted by Crippen LogP contribution is -2.44. The Morgan fingerprint density at radius 1 is 1.32 bits per heavy atom. The molecule has 0 radical (unpaired) electrons. The van der Waals surface area contributed by atoms with Crippen LogP contribution in [0.25, 0.3) is 10.6 Å². The molecular formula is C21H28FN3O2S. The predicted molar refractivity (Wildman–Crippen MR) is 110 cm³/mol. The van der Waals surface area contributed by atoms with Gasteiger partial charge in [-0.2, -0.15) is 0 Å². The number of aromatic nitrogens is 1. The summed E-state index contributed by atoms with van der Waals surface area (Å²) in [4.78, 5) is 17.2. The van der Waals surface area contributed by atoms with E-state index in [4.69, 9.17) is 10.5 Å². The summed E-state index contributed by atoms with van der Waals surface area (Å²) in [6.45, 7) is 4.41. The molecule has 152 valence electrons. The molecule has 5 nitrogen and oxygen atoms in total.